The maximum absolute atomic E-state index is 13.9. The van der Waals surface area contributed by atoms with Gasteiger partial charge in [0, 0.05) is 19.0 Å². The van der Waals surface area contributed by atoms with Gasteiger partial charge >= 0.3 is 12.1 Å². The second-order valence-corrected chi connectivity index (χ2v) is 10.2. The highest BCUT2D eigenvalue weighted by Crippen LogP contribution is 2.39. The fourth-order valence-corrected chi connectivity index (χ4v) is 5.04. The first-order chi connectivity index (χ1) is 19.2. The molecule has 40 heavy (non-hydrogen) atoms. The third kappa shape index (κ3) is 6.75. The molecule has 3 aliphatic rings. The largest absolute Gasteiger partial charge is 0.493 e. The van der Waals surface area contributed by atoms with Crippen LogP contribution in [-0.2, 0) is 20.4 Å². The van der Waals surface area contributed by atoms with Crippen LogP contribution in [0.2, 0.25) is 0 Å². The molecule has 13 heteroatoms. The zero-order valence-corrected chi connectivity index (χ0v) is 22.2. The van der Waals surface area contributed by atoms with E-state index >= 15 is 0 Å². The molecule has 5 rings (SSSR count). The fraction of sp³-hybridized carbons (Fsp3) is 0.556. The number of benzene rings is 1. The van der Waals surface area contributed by atoms with Crippen LogP contribution in [0.3, 0.4) is 0 Å². The van der Waals surface area contributed by atoms with Gasteiger partial charge in [-0.05, 0) is 37.0 Å². The highest BCUT2D eigenvalue weighted by atomic mass is 19.4. The zero-order valence-electron chi connectivity index (χ0n) is 22.2. The first-order valence-corrected chi connectivity index (χ1v) is 13.5. The van der Waals surface area contributed by atoms with Crippen molar-refractivity contribution < 1.29 is 36.7 Å². The van der Waals surface area contributed by atoms with E-state index in [0.717, 1.165) is 25.3 Å². The maximum Gasteiger partial charge on any atom is 0.419 e. The molecule has 0 radical (unpaired) electrons. The van der Waals surface area contributed by atoms with Crippen LogP contribution in [0.15, 0.2) is 33.8 Å². The minimum Gasteiger partial charge on any atom is -0.493 e. The molecule has 0 bridgehead atoms. The van der Waals surface area contributed by atoms with Gasteiger partial charge in [0.25, 0.3) is 5.89 Å². The molecule has 0 amide bonds. The Labute approximate surface area is 229 Å². The molecule has 0 spiro atoms. The Morgan fingerprint density at radius 2 is 2.05 bits per heavy atom. The number of carbonyl (C=O) groups excluding carboxylic acids is 1. The number of aromatic nitrogens is 2. The molecule has 2 unspecified atom stereocenters. The van der Waals surface area contributed by atoms with Crippen molar-refractivity contribution >= 4 is 17.6 Å². The molecule has 10 nitrogen and oxygen atoms in total. The number of epoxide rings is 1. The molecular formula is C27H32F3N5O5. The summed E-state index contributed by atoms with van der Waals surface area (Å²) in [5.41, 5.74) is 5.93. The minimum atomic E-state index is -4.61. The third-order valence-electron chi connectivity index (χ3n) is 7.22. The van der Waals surface area contributed by atoms with E-state index in [9.17, 15) is 18.0 Å². The van der Waals surface area contributed by atoms with Crippen LogP contribution in [-0.4, -0.2) is 59.1 Å². The third-order valence-corrected chi connectivity index (χ3v) is 7.22. The number of rotatable bonds is 9. The molecule has 1 aliphatic carbocycles. The van der Waals surface area contributed by atoms with Crippen molar-refractivity contribution in [1.29, 1.82) is 0 Å². The lowest BCUT2D eigenvalue weighted by Gasteiger charge is -2.22. The van der Waals surface area contributed by atoms with Crippen LogP contribution < -0.4 is 10.5 Å². The lowest BCUT2D eigenvalue weighted by molar-refractivity contribution is -0.141. The summed E-state index contributed by atoms with van der Waals surface area (Å²) < 4.78 is 63.0. The lowest BCUT2D eigenvalue weighted by Crippen LogP contribution is -2.35. The number of aliphatic imine (C=N–C) groups is 1. The standard InChI is InChI=1S/C27H32F3N5O5/c1-16(36)38-15-22-25(39-22)33-26(31)35-12-5-8-20(35)24-32-23(34-40-24)18-9-10-21(19(14-18)27(28,29)30)37-13-11-17-6-3-2-4-7-17/h8-10,14,17,22,25H,2-7,11-13,15H2,1H3,(H2,31,33). The van der Waals surface area contributed by atoms with Crippen molar-refractivity contribution in [3.05, 3.63) is 35.7 Å². The molecule has 1 saturated carbocycles. The van der Waals surface area contributed by atoms with Crippen molar-refractivity contribution in [2.24, 2.45) is 16.6 Å². The topological polar surface area (TPSA) is 129 Å². The Balaban J connectivity index is 1.26. The number of hydrogen-bond acceptors (Lipinski definition) is 8. The van der Waals surface area contributed by atoms with Gasteiger partial charge < -0.3 is 29.4 Å². The number of esters is 1. The second-order valence-electron chi connectivity index (χ2n) is 10.2. The summed E-state index contributed by atoms with van der Waals surface area (Å²) in [5.74, 6) is 0.126. The van der Waals surface area contributed by atoms with Gasteiger partial charge in [-0.1, -0.05) is 43.3 Å². The number of carbonyl (C=O) groups is 1. The van der Waals surface area contributed by atoms with E-state index in [1.807, 2.05) is 6.08 Å². The van der Waals surface area contributed by atoms with Gasteiger partial charge in [-0.15, -0.1) is 0 Å². The summed E-state index contributed by atoms with van der Waals surface area (Å²) in [4.78, 5) is 21.3. The molecule has 1 aromatic carbocycles. The minimum absolute atomic E-state index is 0.00416. The molecule has 3 heterocycles. The van der Waals surface area contributed by atoms with Gasteiger partial charge in [0.2, 0.25) is 5.82 Å². The van der Waals surface area contributed by atoms with Gasteiger partial charge in [-0.2, -0.15) is 18.2 Å². The SMILES string of the molecule is CC(=O)OCC1OC1/N=C(/N)N1CCC=C1c1nc(-c2ccc(OCCC3CCCCC3)c(C(F)(F)F)c2)no1. The number of ether oxygens (including phenoxy) is 3. The molecule has 2 aliphatic heterocycles. The summed E-state index contributed by atoms with van der Waals surface area (Å²) in [5, 5.41) is 3.91. The van der Waals surface area contributed by atoms with Gasteiger partial charge in [0.15, 0.2) is 12.2 Å². The first-order valence-electron chi connectivity index (χ1n) is 13.5. The average Bonchev–Trinajstić information content (AvgIpc) is 3.28. The Morgan fingerprint density at radius 1 is 1.25 bits per heavy atom. The van der Waals surface area contributed by atoms with Crippen LogP contribution in [0.5, 0.6) is 5.75 Å². The predicted molar refractivity (Wildman–Crippen MR) is 138 cm³/mol. The van der Waals surface area contributed by atoms with Crippen molar-refractivity contribution in [2.75, 3.05) is 19.8 Å². The fourth-order valence-electron chi connectivity index (χ4n) is 5.04. The van der Waals surface area contributed by atoms with E-state index in [4.69, 9.17) is 24.5 Å². The Morgan fingerprint density at radius 3 is 2.80 bits per heavy atom. The molecule has 216 valence electrons. The molecule has 2 N–H and O–H groups in total. The number of alkyl halides is 3. The van der Waals surface area contributed by atoms with Crippen molar-refractivity contribution in [1.82, 2.24) is 15.0 Å². The van der Waals surface area contributed by atoms with Crippen LogP contribution in [0.25, 0.3) is 17.1 Å². The highest BCUT2D eigenvalue weighted by Gasteiger charge is 2.41. The van der Waals surface area contributed by atoms with Gasteiger partial charge in [0.1, 0.15) is 24.2 Å². The quantitative estimate of drug-likeness (QED) is 0.199. The van der Waals surface area contributed by atoms with E-state index < -0.39 is 23.9 Å². The number of nitrogens with zero attached hydrogens (tertiary/aromatic N) is 4. The summed E-state index contributed by atoms with van der Waals surface area (Å²) in [7, 11) is 0. The molecule has 1 saturated heterocycles. The summed E-state index contributed by atoms with van der Waals surface area (Å²) in [6.45, 7) is 2.12. The number of hydrogen-bond donors (Lipinski definition) is 1. The van der Waals surface area contributed by atoms with Crippen LogP contribution >= 0.6 is 0 Å². The van der Waals surface area contributed by atoms with Crippen LogP contribution in [0, 0.1) is 5.92 Å². The Kier molecular flexibility index (Phi) is 8.29. The van der Waals surface area contributed by atoms with Gasteiger partial charge in [-0.25, -0.2) is 4.99 Å². The predicted octanol–water partition coefficient (Wildman–Crippen LogP) is 4.75. The van der Waals surface area contributed by atoms with Crippen molar-refractivity contribution in [3.8, 4) is 17.1 Å². The van der Waals surface area contributed by atoms with E-state index in [1.54, 1.807) is 4.90 Å². The number of guanidine groups is 1. The molecular weight excluding hydrogens is 531 g/mol. The van der Waals surface area contributed by atoms with Crippen molar-refractivity contribution in [3.63, 3.8) is 0 Å². The summed E-state index contributed by atoms with van der Waals surface area (Å²) in [6.07, 6.45) is 3.43. The maximum atomic E-state index is 13.9. The number of halogens is 3. The molecule has 2 aromatic rings. The Hall–Kier alpha value is -3.61. The molecule has 2 atom stereocenters. The van der Waals surface area contributed by atoms with Gasteiger partial charge in [0.05, 0.1) is 12.2 Å². The van der Waals surface area contributed by atoms with Crippen LogP contribution in [0.4, 0.5) is 13.2 Å². The number of nitrogens with two attached hydrogens (primary N) is 1. The van der Waals surface area contributed by atoms with E-state index in [2.05, 4.69) is 15.1 Å². The average molecular weight is 564 g/mol. The van der Waals surface area contributed by atoms with Gasteiger partial charge in [-0.3, -0.25) is 4.79 Å². The second kappa shape index (κ2) is 11.9. The normalized spacial score (nSPS) is 21.9. The zero-order chi connectivity index (χ0) is 28.3. The monoisotopic (exact) mass is 563 g/mol. The lowest BCUT2D eigenvalue weighted by atomic mass is 9.87. The van der Waals surface area contributed by atoms with E-state index in [1.165, 1.54) is 38.3 Å². The molecule has 1 aromatic heterocycles. The summed E-state index contributed by atoms with van der Waals surface area (Å²) in [6, 6.07) is 3.78. The highest BCUT2D eigenvalue weighted by molar-refractivity contribution is 5.88. The first kappa shape index (κ1) is 27.9. The van der Waals surface area contributed by atoms with Crippen LogP contribution in [0.1, 0.15) is 63.3 Å². The molecule has 2 fully saturated rings. The van der Waals surface area contributed by atoms with Crippen molar-refractivity contribution in [2.45, 2.75) is 70.4 Å². The Bertz CT molecular complexity index is 1270. The summed E-state index contributed by atoms with van der Waals surface area (Å²) >= 11 is 0. The van der Waals surface area contributed by atoms with E-state index in [-0.39, 0.29) is 48.3 Å². The van der Waals surface area contributed by atoms with E-state index in [0.29, 0.717) is 24.6 Å². The smallest absolute Gasteiger partial charge is 0.419 e.